The molecule has 1 fully saturated rings. The molecule has 0 amide bonds. The molecule has 1 aliphatic rings. The first-order valence-electron chi connectivity index (χ1n) is 6.49. The Balaban J connectivity index is 2.30. The summed E-state index contributed by atoms with van der Waals surface area (Å²) in [5.41, 5.74) is 4.36. The van der Waals surface area contributed by atoms with Gasteiger partial charge in [0, 0.05) is 30.1 Å². The van der Waals surface area contributed by atoms with Crippen LogP contribution in [0.1, 0.15) is 24.1 Å². The van der Waals surface area contributed by atoms with Gasteiger partial charge >= 0.3 is 0 Å². The highest BCUT2D eigenvalue weighted by Gasteiger charge is 2.46. The maximum absolute atomic E-state index is 6.36. The van der Waals surface area contributed by atoms with Gasteiger partial charge in [0.15, 0.2) is 0 Å². The number of aryl methyl sites for hydroxylation is 1. The van der Waals surface area contributed by atoms with Crippen molar-refractivity contribution in [1.29, 1.82) is 0 Å². The molecular formula is C15H19ClN2. The summed E-state index contributed by atoms with van der Waals surface area (Å²) in [5.74, 6) is 0. The van der Waals surface area contributed by atoms with Crippen LogP contribution in [0.15, 0.2) is 18.2 Å². The van der Waals surface area contributed by atoms with Gasteiger partial charge in [-0.2, -0.15) is 0 Å². The van der Waals surface area contributed by atoms with E-state index in [0.29, 0.717) is 5.41 Å². The number of nitrogens with one attached hydrogen (secondary N) is 1. The van der Waals surface area contributed by atoms with Gasteiger partial charge in [-0.25, -0.2) is 0 Å². The van der Waals surface area contributed by atoms with Crippen molar-refractivity contribution < 1.29 is 0 Å². The number of hydrogen-bond acceptors (Lipinski definition) is 1. The summed E-state index contributed by atoms with van der Waals surface area (Å²) in [4.78, 5) is 0. The number of benzene rings is 1. The van der Waals surface area contributed by atoms with Crippen LogP contribution in [0.25, 0.3) is 10.9 Å². The van der Waals surface area contributed by atoms with Crippen LogP contribution in [-0.4, -0.2) is 18.2 Å². The molecule has 96 valence electrons. The SMILES string of the molecule is CNCC1(c2c(C)n(C)c3c(Cl)cccc23)CC1. The lowest BCUT2D eigenvalue weighted by atomic mass is 9.93. The number of para-hydroxylation sites is 1. The van der Waals surface area contributed by atoms with Crippen molar-refractivity contribution in [2.45, 2.75) is 25.2 Å². The van der Waals surface area contributed by atoms with E-state index in [9.17, 15) is 0 Å². The molecule has 0 bridgehead atoms. The largest absolute Gasteiger partial charge is 0.346 e. The summed E-state index contributed by atoms with van der Waals surface area (Å²) < 4.78 is 2.24. The molecule has 0 saturated heterocycles. The van der Waals surface area contributed by atoms with Crippen molar-refractivity contribution in [3.8, 4) is 0 Å². The molecular weight excluding hydrogens is 244 g/mol. The summed E-state index contributed by atoms with van der Waals surface area (Å²) >= 11 is 6.36. The number of likely N-dealkylation sites (N-methyl/N-ethyl adjacent to an activating group) is 1. The van der Waals surface area contributed by atoms with E-state index in [1.165, 1.54) is 35.0 Å². The molecule has 3 rings (SSSR count). The van der Waals surface area contributed by atoms with Crippen LogP contribution in [0.2, 0.25) is 5.02 Å². The van der Waals surface area contributed by atoms with Gasteiger partial charge in [-0.3, -0.25) is 0 Å². The van der Waals surface area contributed by atoms with Gasteiger partial charge in [0.25, 0.3) is 0 Å². The number of fused-ring (bicyclic) bond motifs is 1. The second-order valence-electron chi connectivity index (χ2n) is 5.47. The molecule has 1 N–H and O–H groups in total. The Morgan fingerprint density at radius 2 is 2.11 bits per heavy atom. The first-order chi connectivity index (χ1) is 8.60. The minimum Gasteiger partial charge on any atom is -0.346 e. The first-order valence-corrected chi connectivity index (χ1v) is 6.87. The highest BCUT2D eigenvalue weighted by atomic mass is 35.5. The molecule has 2 nitrogen and oxygen atoms in total. The van der Waals surface area contributed by atoms with E-state index in [4.69, 9.17) is 11.6 Å². The fourth-order valence-corrected chi connectivity index (χ4v) is 3.56. The van der Waals surface area contributed by atoms with Crippen LogP contribution in [0.3, 0.4) is 0 Å². The van der Waals surface area contributed by atoms with E-state index in [1.807, 2.05) is 13.1 Å². The third kappa shape index (κ3) is 1.52. The van der Waals surface area contributed by atoms with Crippen molar-refractivity contribution in [3.05, 3.63) is 34.5 Å². The van der Waals surface area contributed by atoms with Crippen molar-refractivity contribution >= 4 is 22.5 Å². The summed E-state index contributed by atoms with van der Waals surface area (Å²) in [7, 11) is 4.15. The third-order valence-electron chi connectivity index (χ3n) is 4.36. The van der Waals surface area contributed by atoms with Gasteiger partial charge in [-0.15, -0.1) is 0 Å². The zero-order valence-electron chi connectivity index (χ0n) is 11.2. The number of aromatic nitrogens is 1. The average Bonchev–Trinajstić information content (AvgIpc) is 3.04. The monoisotopic (exact) mass is 262 g/mol. The average molecular weight is 263 g/mol. The van der Waals surface area contributed by atoms with Crippen LogP contribution >= 0.6 is 11.6 Å². The second-order valence-corrected chi connectivity index (χ2v) is 5.87. The minimum absolute atomic E-state index is 0.336. The summed E-state index contributed by atoms with van der Waals surface area (Å²) in [6.07, 6.45) is 2.56. The van der Waals surface area contributed by atoms with E-state index in [1.54, 1.807) is 0 Å². The molecule has 18 heavy (non-hydrogen) atoms. The van der Waals surface area contributed by atoms with Gasteiger partial charge in [0.2, 0.25) is 0 Å². The molecule has 0 spiro atoms. The van der Waals surface area contributed by atoms with E-state index in [0.717, 1.165) is 11.6 Å². The van der Waals surface area contributed by atoms with Crippen LogP contribution in [-0.2, 0) is 12.5 Å². The minimum atomic E-state index is 0.336. The molecule has 3 heteroatoms. The summed E-state index contributed by atoms with van der Waals surface area (Å²) in [6.45, 7) is 3.26. The predicted molar refractivity (Wildman–Crippen MR) is 77.5 cm³/mol. The lowest BCUT2D eigenvalue weighted by molar-refractivity contribution is 0.621. The number of hydrogen-bond donors (Lipinski definition) is 1. The standard InChI is InChI=1S/C15H19ClN2/c1-10-13(15(7-8-15)9-17-2)11-5-4-6-12(16)14(11)18(10)3/h4-6,17H,7-9H2,1-3H3. The lowest BCUT2D eigenvalue weighted by Crippen LogP contribution is -2.24. The maximum atomic E-state index is 6.36. The fourth-order valence-electron chi connectivity index (χ4n) is 3.26. The van der Waals surface area contributed by atoms with Gasteiger partial charge < -0.3 is 9.88 Å². The maximum Gasteiger partial charge on any atom is 0.0672 e. The second kappa shape index (κ2) is 4.01. The zero-order valence-corrected chi connectivity index (χ0v) is 11.9. The predicted octanol–water partition coefficient (Wildman–Crippen LogP) is 3.39. The Labute approximate surface area is 113 Å². The smallest absolute Gasteiger partial charge is 0.0672 e. The number of rotatable bonds is 3. The Morgan fingerprint density at radius 1 is 1.39 bits per heavy atom. The molecule has 1 aliphatic carbocycles. The molecule has 0 atom stereocenters. The fraction of sp³-hybridized carbons (Fsp3) is 0.467. The van der Waals surface area contributed by atoms with E-state index < -0.39 is 0 Å². The molecule has 2 aromatic rings. The Morgan fingerprint density at radius 3 is 2.72 bits per heavy atom. The van der Waals surface area contributed by atoms with Crippen LogP contribution in [0, 0.1) is 6.92 Å². The summed E-state index contributed by atoms with van der Waals surface area (Å²) in [6, 6.07) is 6.24. The third-order valence-corrected chi connectivity index (χ3v) is 4.66. The molecule has 1 aromatic carbocycles. The van der Waals surface area contributed by atoms with E-state index in [-0.39, 0.29) is 0 Å². The van der Waals surface area contributed by atoms with E-state index >= 15 is 0 Å². The van der Waals surface area contributed by atoms with Crippen LogP contribution in [0.5, 0.6) is 0 Å². The summed E-state index contributed by atoms with van der Waals surface area (Å²) in [5, 5.41) is 5.52. The molecule has 1 heterocycles. The lowest BCUT2D eigenvalue weighted by Gasteiger charge is -2.15. The number of halogens is 1. The topological polar surface area (TPSA) is 17.0 Å². The highest BCUT2D eigenvalue weighted by molar-refractivity contribution is 6.35. The van der Waals surface area contributed by atoms with Crippen molar-refractivity contribution in [3.63, 3.8) is 0 Å². The van der Waals surface area contributed by atoms with Crippen molar-refractivity contribution in [1.82, 2.24) is 9.88 Å². The van der Waals surface area contributed by atoms with Gasteiger partial charge in [-0.1, -0.05) is 23.7 Å². The van der Waals surface area contributed by atoms with Gasteiger partial charge in [0.1, 0.15) is 0 Å². The van der Waals surface area contributed by atoms with Crippen molar-refractivity contribution in [2.24, 2.45) is 7.05 Å². The number of nitrogens with zero attached hydrogens (tertiary/aromatic N) is 1. The Kier molecular flexibility index (Phi) is 2.68. The van der Waals surface area contributed by atoms with Crippen LogP contribution in [0.4, 0.5) is 0 Å². The van der Waals surface area contributed by atoms with Gasteiger partial charge in [-0.05, 0) is 38.4 Å². The van der Waals surface area contributed by atoms with Crippen molar-refractivity contribution in [2.75, 3.05) is 13.6 Å². The van der Waals surface area contributed by atoms with E-state index in [2.05, 4.69) is 36.0 Å². The highest BCUT2D eigenvalue weighted by Crippen LogP contribution is 2.52. The molecule has 0 aliphatic heterocycles. The zero-order chi connectivity index (χ0) is 12.9. The normalized spacial score (nSPS) is 17.3. The quantitative estimate of drug-likeness (QED) is 0.897. The Bertz CT molecular complexity index is 608. The molecule has 0 unspecified atom stereocenters. The van der Waals surface area contributed by atoms with Gasteiger partial charge in [0.05, 0.1) is 10.5 Å². The Hall–Kier alpha value is -0.990. The molecule has 0 radical (unpaired) electrons. The first kappa shape index (κ1) is 12.1. The van der Waals surface area contributed by atoms with Crippen LogP contribution < -0.4 is 5.32 Å². The molecule has 1 aromatic heterocycles. The molecule has 1 saturated carbocycles.